The smallest absolute Gasteiger partial charge is 0.251 e. The molecule has 4 atom stereocenters. The second kappa shape index (κ2) is 8.55. The van der Waals surface area contributed by atoms with Gasteiger partial charge in [-0.2, -0.15) is 0 Å². The minimum absolute atomic E-state index is 0.0927. The monoisotopic (exact) mass is 414 g/mol. The summed E-state index contributed by atoms with van der Waals surface area (Å²) in [6.45, 7) is 0.806. The van der Waals surface area contributed by atoms with Crippen molar-refractivity contribution in [2.24, 2.45) is 5.92 Å². The summed E-state index contributed by atoms with van der Waals surface area (Å²) in [7, 11) is 0. The van der Waals surface area contributed by atoms with Crippen LogP contribution in [0, 0.1) is 5.92 Å². The molecule has 7 nitrogen and oxygen atoms in total. The molecular weight excluding hydrogens is 384 g/mol. The third-order valence-corrected chi connectivity index (χ3v) is 6.60. The molecule has 5 rings (SSSR count). The molecule has 2 saturated heterocycles. The molecule has 0 unspecified atom stereocenters. The lowest BCUT2D eigenvalue weighted by Gasteiger charge is -2.23. The first-order chi connectivity index (χ1) is 14.7. The van der Waals surface area contributed by atoms with E-state index < -0.39 is 0 Å². The molecule has 0 spiro atoms. The highest BCUT2D eigenvalue weighted by molar-refractivity contribution is 5.94. The number of carbonyl (C=O) groups is 2. The second-order valence-corrected chi connectivity index (χ2v) is 8.97. The zero-order valence-electron chi connectivity index (χ0n) is 17.2. The largest absolute Gasteiger partial charge is 0.490 e. The third kappa shape index (κ3) is 4.32. The molecule has 2 N–H and O–H groups in total. The summed E-state index contributed by atoms with van der Waals surface area (Å²) in [5, 5.41) is 6.10. The van der Waals surface area contributed by atoms with Gasteiger partial charge < -0.3 is 24.8 Å². The summed E-state index contributed by atoms with van der Waals surface area (Å²) >= 11 is 0. The van der Waals surface area contributed by atoms with Crippen molar-refractivity contribution in [1.29, 1.82) is 0 Å². The van der Waals surface area contributed by atoms with E-state index in [1.807, 2.05) is 18.2 Å². The van der Waals surface area contributed by atoms with Crippen LogP contribution in [0.1, 0.15) is 55.3 Å². The zero-order valence-corrected chi connectivity index (χ0v) is 17.2. The Morgan fingerprint density at radius 3 is 2.30 bits per heavy atom. The quantitative estimate of drug-likeness (QED) is 0.745. The van der Waals surface area contributed by atoms with Crippen LogP contribution in [0.15, 0.2) is 24.3 Å². The van der Waals surface area contributed by atoms with Gasteiger partial charge in [-0.15, -0.1) is 0 Å². The fraction of sp³-hybridized carbons (Fsp3) is 0.652. The van der Waals surface area contributed by atoms with Crippen molar-refractivity contribution in [1.82, 2.24) is 10.6 Å². The molecule has 7 heteroatoms. The lowest BCUT2D eigenvalue weighted by molar-refractivity contribution is -0.123. The number of nitrogens with one attached hydrogen (secondary N) is 2. The summed E-state index contributed by atoms with van der Waals surface area (Å²) in [4.78, 5) is 24.9. The summed E-state index contributed by atoms with van der Waals surface area (Å²) in [6, 6.07) is 7.00. The van der Waals surface area contributed by atoms with Crippen LogP contribution < -0.4 is 15.4 Å². The number of ether oxygens (including phenoxy) is 3. The van der Waals surface area contributed by atoms with Crippen LogP contribution in [0.4, 0.5) is 0 Å². The van der Waals surface area contributed by atoms with E-state index in [1.54, 1.807) is 6.07 Å². The molecule has 2 saturated carbocycles. The molecule has 0 radical (unpaired) electrons. The Balaban J connectivity index is 1.17. The van der Waals surface area contributed by atoms with E-state index >= 15 is 0 Å². The van der Waals surface area contributed by atoms with Gasteiger partial charge in [-0.25, -0.2) is 0 Å². The fourth-order valence-electron chi connectivity index (χ4n) is 4.73. The van der Waals surface area contributed by atoms with Crippen LogP contribution in [-0.4, -0.2) is 55.4 Å². The first kappa shape index (κ1) is 19.8. The predicted molar refractivity (Wildman–Crippen MR) is 109 cm³/mol. The van der Waals surface area contributed by atoms with Gasteiger partial charge in [0.05, 0.1) is 31.4 Å². The van der Waals surface area contributed by atoms with Crippen LogP contribution in [0.3, 0.4) is 0 Å². The first-order valence-electron chi connectivity index (χ1n) is 11.3. The van der Waals surface area contributed by atoms with Gasteiger partial charge in [0, 0.05) is 11.5 Å². The van der Waals surface area contributed by atoms with E-state index in [-0.39, 0.29) is 48.1 Å². The minimum Gasteiger partial charge on any atom is -0.490 e. The van der Waals surface area contributed by atoms with E-state index in [0.717, 1.165) is 31.4 Å². The van der Waals surface area contributed by atoms with E-state index in [2.05, 4.69) is 10.6 Å². The molecule has 2 aliphatic heterocycles. The van der Waals surface area contributed by atoms with Crippen LogP contribution in [-0.2, 0) is 14.3 Å². The second-order valence-electron chi connectivity index (χ2n) is 8.97. The molecule has 2 heterocycles. The van der Waals surface area contributed by atoms with Gasteiger partial charge in [-0.3, -0.25) is 9.59 Å². The van der Waals surface area contributed by atoms with Crippen LogP contribution in [0.5, 0.6) is 5.75 Å². The highest BCUT2D eigenvalue weighted by atomic mass is 16.6. The van der Waals surface area contributed by atoms with Gasteiger partial charge in [-0.05, 0) is 56.7 Å². The Kier molecular flexibility index (Phi) is 5.65. The Hall–Kier alpha value is -2.12. The molecule has 0 bridgehead atoms. The lowest BCUT2D eigenvalue weighted by atomic mass is 9.98. The third-order valence-electron chi connectivity index (χ3n) is 6.60. The van der Waals surface area contributed by atoms with Gasteiger partial charge in [0.25, 0.3) is 5.91 Å². The SMILES string of the molecule is O=C(N[C@H]1CO[C@H]2[C@@H]1OC[C@@H]2NC(=O)C1CC1)c1cccc(OC2CCCCC2)c1. The Morgan fingerprint density at radius 1 is 0.900 bits per heavy atom. The Labute approximate surface area is 176 Å². The van der Waals surface area contributed by atoms with Crippen LogP contribution in [0.25, 0.3) is 0 Å². The number of hydrogen-bond donors (Lipinski definition) is 2. The van der Waals surface area contributed by atoms with Crippen molar-refractivity contribution in [3.05, 3.63) is 29.8 Å². The molecule has 2 aliphatic carbocycles. The standard InChI is InChI=1S/C23H30N2O5/c26-22(14-9-10-14)24-18-12-28-21-19(13-29-20(18)21)25-23(27)15-5-4-8-17(11-15)30-16-6-2-1-3-7-16/h4-5,8,11,14,16,18-21H,1-3,6-7,9-10,12-13H2,(H,24,26)(H,25,27)/t18-,19-,20+,21+/m0/s1. The molecule has 1 aromatic carbocycles. The maximum atomic E-state index is 12.8. The number of hydrogen-bond acceptors (Lipinski definition) is 5. The fourth-order valence-corrected chi connectivity index (χ4v) is 4.73. The van der Waals surface area contributed by atoms with Crippen molar-refractivity contribution in [3.8, 4) is 5.75 Å². The van der Waals surface area contributed by atoms with Crippen molar-refractivity contribution in [2.45, 2.75) is 75.3 Å². The average molecular weight is 415 g/mol. The van der Waals surface area contributed by atoms with Gasteiger partial charge in [0.2, 0.25) is 5.91 Å². The summed E-state index contributed by atoms with van der Waals surface area (Å²) in [6.07, 6.45) is 7.58. The highest BCUT2D eigenvalue weighted by Gasteiger charge is 2.49. The highest BCUT2D eigenvalue weighted by Crippen LogP contribution is 2.31. The van der Waals surface area contributed by atoms with Crippen LogP contribution >= 0.6 is 0 Å². The number of benzene rings is 1. The van der Waals surface area contributed by atoms with E-state index in [0.29, 0.717) is 18.8 Å². The van der Waals surface area contributed by atoms with Crippen molar-refractivity contribution >= 4 is 11.8 Å². The number of rotatable bonds is 6. The Bertz CT molecular complexity index is 790. The Morgan fingerprint density at radius 2 is 1.60 bits per heavy atom. The summed E-state index contributed by atoms with van der Waals surface area (Å²) in [5.74, 6) is 0.835. The molecule has 0 aromatic heterocycles. The van der Waals surface area contributed by atoms with E-state index in [4.69, 9.17) is 14.2 Å². The van der Waals surface area contributed by atoms with Gasteiger partial charge in [0.15, 0.2) is 0 Å². The molecule has 2 amide bonds. The molecule has 4 aliphatic rings. The predicted octanol–water partition coefficient (Wildman–Crippen LogP) is 2.19. The van der Waals surface area contributed by atoms with E-state index in [9.17, 15) is 9.59 Å². The number of amides is 2. The van der Waals surface area contributed by atoms with Gasteiger partial charge >= 0.3 is 0 Å². The lowest BCUT2D eigenvalue weighted by Crippen LogP contribution is -2.47. The molecular formula is C23H30N2O5. The van der Waals surface area contributed by atoms with E-state index in [1.165, 1.54) is 19.3 Å². The number of carbonyl (C=O) groups excluding carboxylic acids is 2. The molecule has 1 aromatic rings. The minimum atomic E-state index is -0.236. The van der Waals surface area contributed by atoms with Crippen molar-refractivity contribution in [3.63, 3.8) is 0 Å². The first-order valence-corrected chi connectivity index (χ1v) is 11.3. The topological polar surface area (TPSA) is 85.9 Å². The van der Waals surface area contributed by atoms with Crippen molar-refractivity contribution < 1.29 is 23.8 Å². The normalized spacial score (nSPS) is 31.2. The maximum Gasteiger partial charge on any atom is 0.251 e. The maximum absolute atomic E-state index is 12.8. The zero-order chi connectivity index (χ0) is 20.5. The summed E-state index contributed by atoms with van der Waals surface area (Å²) < 4.78 is 17.9. The average Bonchev–Trinajstić information content (AvgIpc) is 3.44. The van der Waals surface area contributed by atoms with Gasteiger partial charge in [0.1, 0.15) is 18.0 Å². The summed E-state index contributed by atoms with van der Waals surface area (Å²) in [5.41, 5.74) is 0.573. The van der Waals surface area contributed by atoms with Crippen LogP contribution in [0.2, 0.25) is 0 Å². The molecule has 30 heavy (non-hydrogen) atoms. The molecule has 4 fully saturated rings. The van der Waals surface area contributed by atoms with Crippen molar-refractivity contribution in [2.75, 3.05) is 13.2 Å². The number of fused-ring (bicyclic) bond motifs is 1. The van der Waals surface area contributed by atoms with Gasteiger partial charge in [-0.1, -0.05) is 12.5 Å². The molecule has 162 valence electrons.